The zero-order valence-electron chi connectivity index (χ0n) is 12.2. The minimum Gasteiger partial charge on any atom is -0.396 e. The second-order valence-electron chi connectivity index (χ2n) is 5.14. The molecule has 0 amide bonds. The lowest BCUT2D eigenvalue weighted by Crippen LogP contribution is -2.38. The van der Waals surface area contributed by atoms with Crippen molar-refractivity contribution in [2.45, 2.75) is 31.2 Å². The summed E-state index contributed by atoms with van der Waals surface area (Å²) in [5, 5.41) is 10.4. The Morgan fingerprint density at radius 3 is 2.71 bits per heavy atom. The quantitative estimate of drug-likeness (QED) is 0.886. The molecule has 6 heteroatoms. The maximum absolute atomic E-state index is 12.9. The summed E-state index contributed by atoms with van der Waals surface area (Å²) in [5.74, 6) is 0. The number of benzene rings is 1. The van der Waals surface area contributed by atoms with Gasteiger partial charge in [-0.3, -0.25) is 4.98 Å². The van der Waals surface area contributed by atoms with Crippen LogP contribution >= 0.6 is 0 Å². The third kappa shape index (κ3) is 3.23. The topological polar surface area (TPSA) is 70.5 Å². The fraction of sp³-hybridized carbons (Fsp3) is 0.400. The Bertz CT molecular complexity index is 708. The van der Waals surface area contributed by atoms with Crippen molar-refractivity contribution in [1.29, 1.82) is 0 Å². The van der Waals surface area contributed by atoms with Crippen LogP contribution in [0.3, 0.4) is 0 Å². The fourth-order valence-corrected chi connectivity index (χ4v) is 4.22. The summed E-state index contributed by atoms with van der Waals surface area (Å²) >= 11 is 0. The first-order valence-corrected chi connectivity index (χ1v) is 8.38. The monoisotopic (exact) mass is 308 g/mol. The molecule has 0 atom stereocenters. The molecular weight excluding hydrogens is 288 g/mol. The summed E-state index contributed by atoms with van der Waals surface area (Å²) in [6.45, 7) is 3.94. The van der Waals surface area contributed by atoms with E-state index >= 15 is 0 Å². The third-order valence-corrected chi connectivity index (χ3v) is 5.47. The molecule has 114 valence electrons. The molecule has 0 bridgehead atoms. The number of fused-ring (bicyclic) bond motifs is 1. The van der Waals surface area contributed by atoms with Gasteiger partial charge in [-0.1, -0.05) is 12.1 Å². The van der Waals surface area contributed by atoms with Gasteiger partial charge in [0.1, 0.15) is 0 Å². The molecule has 2 rings (SSSR count). The van der Waals surface area contributed by atoms with Gasteiger partial charge in [-0.15, -0.1) is 0 Å². The smallest absolute Gasteiger partial charge is 0.243 e. The zero-order valence-corrected chi connectivity index (χ0v) is 13.0. The van der Waals surface area contributed by atoms with E-state index in [1.165, 1.54) is 4.31 Å². The van der Waals surface area contributed by atoms with Gasteiger partial charge in [-0.25, -0.2) is 8.42 Å². The van der Waals surface area contributed by atoms with Crippen LogP contribution in [-0.4, -0.2) is 42.0 Å². The van der Waals surface area contributed by atoms with E-state index < -0.39 is 10.0 Å². The first-order chi connectivity index (χ1) is 9.98. The summed E-state index contributed by atoms with van der Waals surface area (Å²) in [7, 11) is -3.60. The molecule has 0 radical (unpaired) electrons. The number of hydrogen-bond acceptors (Lipinski definition) is 4. The van der Waals surface area contributed by atoms with E-state index in [4.69, 9.17) is 5.11 Å². The van der Waals surface area contributed by atoms with Crippen LogP contribution in [-0.2, 0) is 10.0 Å². The van der Waals surface area contributed by atoms with Gasteiger partial charge < -0.3 is 5.11 Å². The number of sulfonamides is 1. The second-order valence-corrected chi connectivity index (χ2v) is 7.00. The first-order valence-electron chi connectivity index (χ1n) is 6.94. The van der Waals surface area contributed by atoms with E-state index in [2.05, 4.69) is 4.98 Å². The van der Waals surface area contributed by atoms with Gasteiger partial charge in [0.15, 0.2) is 0 Å². The number of aromatic nitrogens is 1. The molecule has 0 aliphatic rings. The number of aliphatic hydroxyl groups excluding tert-OH is 1. The Morgan fingerprint density at radius 2 is 2.05 bits per heavy atom. The summed E-state index contributed by atoms with van der Waals surface area (Å²) in [6, 6.07) is 6.73. The van der Waals surface area contributed by atoms with Crippen LogP contribution in [0.15, 0.2) is 41.6 Å². The van der Waals surface area contributed by atoms with E-state index in [1.807, 2.05) is 19.9 Å². The Labute approximate surface area is 125 Å². The van der Waals surface area contributed by atoms with Crippen molar-refractivity contribution in [2.24, 2.45) is 0 Å². The molecular formula is C15H20N2O3S. The normalized spacial score (nSPS) is 12.4. The summed E-state index contributed by atoms with van der Waals surface area (Å²) < 4.78 is 27.3. The number of nitrogens with zero attached hydrogens (tertiary/aromatic N) is 2. The van der Waals surface area contributed by atoms with Gasteiger partial charge in [0.05, 0.1) is 4.90 Å². The average molecular weight is 308 g/mol. The van der Waals surface area contributed by atoms with Crippen LogP contribution in [0.4, 0.5) is 0 Å². The molecule has 5 nitrogen and oxygen atoms in total. The molecule has 0 spiro atoms. The molecule has 1 aromatic heterocycles. The molecule has 0 fully saturated rings. The molecule has 21 heavy (non-hydrogen) atoms. The largest absolute Gasteiger partial charge is 0.396 e. The highest BCUT2D eigenvalue weighted by atomic mass is 32.2. The Morgan fingerprint density at radius 1 is 1.29 bits per heavy atom. The number of rotatable bonds is 6. The third-order valence-electron chi connectivity index (χ3n) is 3.34. The molecule has 0 saturated carbocycles. The van der Waals surface area contributed by atoms with Gasteiger partial charge in [0.2, 0.25) is 10.0 Å². The van der Waals surface area contributed by atoms with Gasteiger partial charge in [0, 0.05) is 42.4 Å². The van der Waals surface area contributed by atoms with Crippen molar-refractivity contribution in [3.8, 4) is 0 Å². The highest BCUT2D eigenvalue weighted by molar-refractivity contribution is 7.89. The van der Waals surface area contributed by atoms with Gasteiger partial charge in [-0.2, -0.15) is 4.31 Å². The molecule has 0 aliphatic heterocycles. The van der Waals surface area contributed by atoms with Crippen LogP contribution in [0.1, 0.15) is 20.3 Å². The van der Waals surface area contributed by atoms with E-state index in [9.17, 15) is 8.42 Å². The summed E-state index contributed by atoms with van der Waals surface area (Å²) in [6.07, 6.45) is 3.67. The second kappa shape index (κ2) is 6.51. The fourth-order valence-electron chi connectivity index (χ4n) is 2.33. The molecule has 0 unspecified atom stereocenters. The first kappa shape index (κ1) is 15.9. The van der Waals surface area contributed by atoms with Crippen LogP contribution < -0.4 is 0 Å². The SMILES string of the molecule is CC(C)N(CCCO)S(=O)(=O)c1cccc2cnccc12. The molecule has 1 heterocycles. The molecule has 1 aromatic carbocycles. The lowest BCUT2D eigenvalue weighted by molar-refractivity contribution is 0.258. The predicted molar refractivity (Wildman–Crippen MR) is 82.5 cm³/mol. The van der Waals surface area contributed by atoms with E-state index in [1.54, 1.807) is 30.6 Å². The molecule has 0 aliphatic carbocycles. The van der Waals surface area contributed by atoms with Crippen molar-refractivity contribution < 1.29 is 13.5 Å². The Kier molecular flexibility index (Phi) is 4.92. The minimum absolute atomic E-state index is 0.0296. The van der Waals surface area contributed by atoms with E-state index in [-0.39, 0.29) is 17.5 Å². The highest BCUT2D eigenvalue weighted by Crippen LogP contribution is 2.26. The van der Waals surface area contributed by atoms with E-state index in [0.717, 1.165) is 5.39 Å². The maximum atomic E-state index is 12.9. The Hall–Kier alpha value is -1.50. The van der Waals surface area contributed by atoms with Crippen LogP contribution in [0, 0.1) is 0 Å². The summed E-state index contributed by atoms with van der Waals surface area (Å²) in [5.41, 5.74) is 0. The maximum Gasteiger partial charge on any atom is 0.243 e. The van der Waals surface area contributed by atoms with Crippen molar-refractivity contribution >= 4 is 20.8 Å². The number of hydrogen-bond donors (Lipinski definition) is 1. The molecule has 2 aromatic rings. The standard InChI is InChI=1S/C15H20N2O3S/c1-12(2)17(9-4-10-18)21(19,20)15-6-3-5-13-11-16-8-7-14(13)15/h3,5-8,11-12,18H,4,9-10H2,1-2H3. The number of aliphatic hydroxyl groups is 1. The van der Waals surface area contributed by atoms with Crippen molar-refractivity contribution in [2.75, 3.05) is 13.2 Å². The van der Waals surface area contributed by atoms with Crippen molar-refractivity contribution in [3.05, 3.63) is 36.7 Å². The van der Waals surface area contributed by atoms with Gasteiger partial charge in [0.25, 0.3) is 0 Å². The van der Waals surface area contributed by atoms with Crippen LogP contribution in [0.2, 0.25) is 0 Å². The van der Waals surface area contributed by atoms with E-state index in [0.29, 0.717) is 18.4 Å². The van der Waals surface area contributed by atoms with Crippen LogP contribution in [0.5, 0.6) is 0 Å². The zero-order chi connectivity index (χ0) is 15.5. The lowest BCUT2D eigenvalue weighted by atomic mass is 10.2. The number of pyridine rings is 1. The predicted octanol–water partition coefficient (Wildman–Crippen LogP) is 2.02. The lowest BCUT2D eigenvalue weighted by Gasteiger charge is -2.26. The van der Waals surface area contributed by atoms with Gasteiger partial charge >= 0.3 is 0 Å². The average Bonchev–Trinajstić information content (AvgIpc) is 2.46. The van der Waals surface area contributed by atoms with Crippen molar-refractivity contribution in [1.82, 2.24) is 9.29 Å². The van der Waals surface area contributed by atoms with Crippen LogP contribution in [0.25, 0.3) is 10.8 Å². The molecule has 1 N–H and O–H groups in total. The summed E-state index contributed by atoms with van der Waals surface area (Å²) in [4.78, 5) is 4.31. The minimum atomic E-state index is -3.60. The molecule has 0 saturated heterocycles. The Balaban J connectivity index is 2.54. The van der Waals surface area contributed by atoms with Crippen molar-refractivity contribution in [3.63, 3.8) is 0 Å². The van der Waals surface area contributed by atoms with Gasteiger partial charge in [-0.05, 0) is 32.4 Å². The highest BCUT2D eigenvalue weighted by Gasteiger charge is 2.27.